The molecular weight excluding hydrogens is 645 g/mol. The van der Waals surface area contributed by atoms with Crippen LogP contribution in [0.15, 0.2) is 91.0 Å². The Bertz CT molecular complexity index is 2240. The lowest BCUT2D eigenvalue weighted by atomic mass is 9.92. The summed E-state index contributed by atoms with van der Waals surface area (Å²) in [6.45, 7) is 6.99. The molecule has 1 aliphatic carbocycles. The number of para-hydroxylation sites is 2. The second-order valence-electron chi connectivity index (χ2n) is 14.4. The second kappa shape index (κ2) is 15.2. The van der Waals surface area contributed by atoms with E-state index in [4.69, 9.17) is 4.98 Å². The molecule has 1 fully saturated rings. The Balaban J connectivity index is 0.817. The molecule has 1 atom stereocenters. The van der Waals surface area contributed by atoms with Gasteiger partial charge >= 0.3 is 0 Å². The van der Waals surface area contributed by atoms with Crippen LogP contribution in [0.5, 0.6) is 0 Å². The number of aryl methyl sites for hydroxylation is 2. The summed E-state index contributed by atoms with van der Waals surface area (Å²) >= 11 is 0. The van der Waals surface area contributed by atoms with Gasteiger partial charge in [-0.2, -0.15) is 0 Å². The van der Waals surface area contributed by atoms with Gasteiger partial charge in [0.05, 0.1) is 11.4 Å². The van der Waals surface area contributed by atoms with Gasteiger partial charge in [-0.25, -0.2) is 0 Å². The minimum atomic E-state index is -0.122. The van der Waals surface area contributed by atoms with Crippen LogP contribution in [0, 0.1) is 5.92 Å². The number of pyridine rings is 1. The highest BCUT2D eigenvalue weighted by Gasteiger charge is 2.26. The van der Waals surface area contributed by atoms with Gasteiger partial charge in [-0.05, 0) is 112 Å². The molecule has 3 heterocycles. The van der Waals surface area contributed by atoms with Crippen molar-refractivity contribution in [3.63, 3.8) is 0 Å². The molecule has 6 aromatic rings. The highest BCUT2D eigenvalue weighted by atomic mass is 16.2. The van der Waals surface area contributed by atoms with Crippen LogP contribution in [-0.2, 0) is 30.7 Å². The van der Waals surface area contributed by atoms with E-state index in [1.807, 2.05) is 30.3 Å². The van der Waals surface area contributed by atoms with Crippen molar-refractivity contribution in [2.24, 2.45) is 5.92 Å². The highest BCUT2D eigenvalue weighted by molar-refractivity contribution is 6.11. The summed E-state index contributed by atoms with van der Waals surface area (Å²) in [4.78, 5) is 33.7. The van der Waals surface area contributed by atoms with Crippen LogP contribution >= 0.6 is 0 Å². The normalized spacial score (nSPS) is 16.2. The minimum Gasteiger partial charge on any atom is -0.384 e. The van der Waals surface area contributed by atoms with Crippen molar-refractivity contribution < 1.29 is 9.59 Å². The predicted molar refractivity (Wildman–Crippen MR) is 212 cm³/mol. The fourth-order valence-electron chi connectivity index (χ4n) is 8.34. The maximum absolute atomic E-state index is 13.2. The molecule has 4 aromatic carbocycles. The van der Waals surface area contributed by atoms with E-state index in [0.717, 1.165) is 87.0 Å². The van der Waals surface area contributed by atoms with Gasteiger partial charge in [0, 0.05) is 82.5 Å². The summed E-state index contributed by atoms with van der Waals surface area (Å²) in [6.07, 6.45) is 7.33. The molecule has 0 radical (unpaired) electrons. The zero-order valence-corrected chi connectivity index (χ0v) is 30.1. The minimum absolute atomic E-state index is 0.00777. The van der Waals surface area contributed by atoms with Gasteiger partial charge in [0.1, 0.15) is 0 Å². The van der Waals surface area contributed by atoms with E-state index in [2.05, 4.69) is 93.0 Å². The number of aromatic nitrogens is 2. The van der Waals surface area contributed by atoms with E-state index in [9.17, 15) is 9.59 Å². The molecule has 0 saturated carbocycles. The Morgan fingerprint density at radius 2 is 1.62 bits per heavy atom. The van der Waals surface area contributed by atoms with Gasteiger partial charge in [-0.15, -0.1) is 0 Å². The Labute approximate surface area is 305 Å². The molecule has 0 spiro atoms. The van der Waals surface area contributed by atoms with Crippen molar-refractivity contribution in [1.29, 1.82) is 0 Å². The largest absolute Gasteiger partial charge is 0.384 e. The third-order valence-corrected chi connectivity index (χ3v) is 11.0. The number of anilines is 2. The third kappa shape index (κ3) is 7.00. The lowest BCUT2D eigenvalue weighted by molar-refractivity contribution is -0.126. The number of fused-ring (bicyclic) bond motifs is 5. The Morgan fingerprint density at radius 1 is 0.827 bits per heavy atom. The first-order valence-corrected chi connectivity index (χ1v) is 19.1. The molecule has 2 aromatic heterocycles. The molecule has 8 heteroatoms. The SMILES string of the molecule is CCn1c2ccccc2c2cc(NC(=O)c3ccc(CN4CCC[C@H](C(=O)NCCCNc5c6c(nc7ccccc57)CCCC6)C4)cc3)ccc21. The standard InChI is InChI=1S/C44H48N6O2/c1-2-50-40-17-8-5-12-34(40)37-27-33(22-23-41(37)50)47-44(52)31-20-18-30(19-21-31)28-49-26-9-11-32(29-49)43(51)46-25-10-24-45-42-35-13-3-6-15-38(35)48-39-16-7-4-14-36(39)42/h3,5-6,8,12-13,15,17-23,27,32H,2,4,7,9-11,14,16,24-26,28-29H2,1H3,(H,45,48)(H,46,51)(H,47,52)/t32-/m0/s1. The van der Waals surface area contributed by atoms with Crippen LogP contribution in [0.3, 0.4) is 0 Å². The summed E-state index contributed by atoms with van der Waals surface area (Å²) in [5, 5.41) is 13.6. The summed E-state index contributed by atoms with van der Waals surface area (Å²) < 4.78 is 2.31. The maximum atomic E-state index is 13.2. The molecule has 8 nitrogen and oxygen atoms in total. The van der Waals surface area contributed by atoms with Crippen LogP contribution in [0.2, 0.25) is 0 Å². The Hall–Kier alpha value is -5.21. The molecule has 0 bridgehead atoms. The number of hydrogen-bond acceptors (Lipinski definition) is 5. The number of piperidine rings is 1. The Morgan fingerprint density at radius 3 is 2.48 bits per heavy atom. The molecule has 266 valence electrons. The summed E-state index contributed by atoms with van der Waals surface area (Å²) in [5.41, 5.74) is 9.84. The van der Waals surface area contributed by atoms with Crippen LogP contribution in [0.1, 0.15) is 66.2 Å². The lowest BCUT2D eigenvalue weighted by Gasteiger charge is -2.32. The zero-order valence-electron chi connectivity index (χ0n) is 30.1. The molecule has 0 unspecified atom stereocenters. The lowest BCUT2D eigenvalue weighted by Crippen LogP contribution is -2.43. The van der Waals surface area contributed by atoms with Crippen molar-refractivity contribution in [2.45, 2.75) is 65.0 Å². The quantitative estimate of drug-likeness (QED) is 0.119. The average molecular weight is 693 g/mol. The second-order valence-corrected chi connectivity index (χ2v) is 14.4. The molecular formula is C44H48N6O2. The summed E-state index contributed by atoms with van der Waals surface area (Å²) in [5.74, 6) is 0.0241. The smallest absolute Gasteiger partial charge is 0.255 e. The molecule has 52 heavy (non-hydrogen) atoms. The van der Waals surface area contributed by atoms with Gasteiger partial charge in [-0.1, -0.05) is 48.5 Å². The number of hydrogen-bond donors (Lipinski definition) is 3. The summed E-state index contributed by atoms with van der Waals surface area (Å²) in [7, 11) is 0. The number of nitrogens with one attached hydrogen (secondary N) is 3. The Kier molecular flexibility index (Phi) is 9.90. The predicted octanol–water partition coefficient (Wildman–Crippen LogP) is 8.32. The first-order valence-electron chi connectivity index (χ1n) is 19.1. The van der Waals surface area contributed by atoms with E-state index in [0.29, 0.717) is 12.1 Å². The highest BCUT2D eigenvalue weighted by Crippen LogP contribution is 2.34. The van der Waals surface area contributed by atoms with Crippen molar-refractivity contribution >= 4 is 55.9 Å². The fourth-order valence-corrected chi connectivity index (χ4v) is 8.34. The molecule has 2 aliphatic rings. The first-order chi connectivity index (χ1) is 25.6. The monoisotopic (exact) mass is 692 g/mol. The van der Waals surface area contributed by atoms with Crippen LogP contribution in [0.4, 0.5) is 11.4 Å². The van der Waals surface area contributed by atoms with Crippen molar-refractivity contribution in [2.75, 3.05) is 36.8 Å². The first kappa shape index (κ1) is 33.9. The van der Waals surface area contributed by atoms with E-state index >= 15 is 0 Å². The fraction of sp³-hybridized carbons (Fsp3) is 0.341. The number of carbonyl (C=O) groups excluding carboxylic acids is 2. The van der Waals surface area contributed by atoms with Gasteiger partial charge < -0.3 is 20.5 Å². The number of carbonyl (C=O) groups is 2. The van der Waals surface area contributed by atoms with E-state index in [1.54, 1.807) is 0 Å². The van der Waals surface area contributed by atoms with Crippen molar-refractivity contribution in [1.82, 2.24) is 19.8 Å². The van der Waals surface area contributed by atoms with Gasteiger partial charge in [0.15, 0.2) is 0 Å². The molecule has 8 rings (SSSR count). The average Bonchev–Trinajstić information content (AvgIpc) is 3.50. The number of likely N-dealkylation sites (tertiary alicyclic amines) is 1. The van der Waals surface area contributed by atoms with Crippen LogP contribution < -0.4 is 16.0 Å². The van der Waals surface area contributed by atoms with Crippen LogP contribution in [0.25, 0.3) is 32.7 Å². The van der Waals surface area contributed by atoms with Crippen LogP contribution in [-0.4, -0.2) is 52.4 Å². The van der Waals surface area contributed by atoms with E-state index in [-0.39, 0.29) is 17.7 Å². The van der Waals surface area contributed by atoms with Gasteiger partial charge in [0.25, 0.3) is 5.91 Å². The number of rotatable bonds is 11. The van der Waals surface area contributed by atoms with E-state index < -0.39 is 0 Å². The third-order valence-electron chi connectivity index (χ3n) is 11.0. The van der Waals surface area contributed by atoms with Gasteiger partial charge in [-0.3, -0.25) is 19.5 Å². The topological polar surface area (TPSA) is 91.3 Å². The maximum Gasteiger partial charge on any atom is 0.255 e. The number of nitrogens with zero attached hydrogens (tertiary/aromatic N) is 3. The van der Waals surface area contributed by atoms with Gasteiger partial charge in [0.2, 0.25) is 5.91 Å². The van der Waals surface area contributed by atoms with Crippen molar-refractivity contribution in [3.05, 3.63) is 113 Å². The summed E-state index contributed by atoms with van der Waals surface area (Å²) in [6, 6.07) is 30.8. The molecule has 3 N–H and O–H groups in total. The zero-order chi connectivity index (χ0) is 35.4. The molecule has 2 amide bonds. The number of amides is 2. The number of benzene rings is 4. The molecule has 1 saturated heterocycles. The molecule has 1 aliphatic heterocycles. The van der Waals surface area contributed by atoms with E-state index in [1.165, 1.54) is 51.6 Å². The van der Waals surface area contributed by atoms with Crippen molar-refractivity contribution in [3.8, 4) is 0 Å².